The Morgan fingerprint density at radius 2 is 2.00 bits per heavy atom. The highest BCUT2D eigenvalue weighted by atomic mass is 32.1. The van der Waals surface area contributed by atoms with Crippen LogP contribution in [-0.2, 0) is 0 Å². The van der Waals surface area contributed by atoms with Gasteiger partial charge < -0.3 is 0 Å². The molecule has 0 spiro atoms. The van der Waals surface area contributed by atoms with Crippen LogP contribution in [0, 0.1) is 0 Å². The van der Waals surface area contributed by atoms with Crippen LogP contribution in [0.15, 0.2) is 42.4 Å². The van der Waals surface area contributed by atoms with Gasteiger partial charge in [-0.3, -0.25) is 10.8 Å². The first-order valence-corrected chi connectivity index (χ1v) is 6.30. The minimum absolute atomic E-state index is 0.148. The second kappa shape index (κ2) is 4.77. The zero-order valence-corrected chi connectivity index (χ0v) is 10.3. The minimum atomic E-state index is -0.148. The van der Waals surface area contributed by atoms with E-state index in [0.717, 1.165) is 21.3 Å². The molecule has 0 saturated heterocycles. The number of thiophene rings is 1. The fourth-order valence-electron chi connectivity index (χ4n) is 1.86. The summed E-state index contributed by atoms with van der Waals surface area (Å²) in [6, 6.07) is 3.94. The van der Waals surface area contributed by atoms with Gasteiger partial charge in [0.25, 0.3) is 0 Å². The molecule has 3 N–H and O–H groups in total. The van der Waals surface area contributed by atoms with Crippen LogP contribution in [0.4, 0.5) is 0 Å². The van der Waals surface area contributed by atoms with Gasteiger partial charge in [0.1, 0.15) is 6.33 Å². The van der Waals surface area contributed by atoms with Gasteiger partial charge in [0, 0.05) is 24.2 Å². The second-order valence-electron chi connectivity index (χ2n) is 3.84. The standard InChI is InChI=1S/C12H11N5S/c13-17-12(9-4-14-7-15-5-9)8-3-11-10(16-6-8)1-2-18-11/h1-7,12,17H,13H2. The van der Waals surface area contributed by atoms with Crippen LogP contribution in [-0.4, -0.2) is 15.0 Å². The van der Waals surface area contributed by atoms with Crippen molar-refractivity contribution in [3.05, 3.63) is 53.6 Å². The number of nitrogens with one attached hydrogen (secondary N) is 1. The summed E-state index contributed by atoms with van der Waals surface area (Å²) in [6.45, 7) is 0. The molecule has 3 rings (SSSR count). The Morgan fingerprint density at radius 1 is 1.17 bits per heavy atom. The molecule has 18 heavy (non-hydrogen) atoms. The predicted octanol–water partition coefficient (Wildman–Crippen LogP) is 1.64. The van der Waals surface area contributed by atoms with E-state index in [4.69, 9.17) is 5.84 Å². The third-order valence-electron chi connectivity index (χ3n) is 2.74. The smallest absolute Gasteiger partial charge is 0.115 e. The Balaban J connectivity index is 2.05. The zero-order chi connectivity index (χ0) is 12.4. The summed E-state index contributed by atoms with van der Waals surface area (Å²) >= 11 is 1.66. The molecule has 90 valence electrons. The van der Waals surface area contributed by atoms with E-state index in [1.165, 1.54) is 6.33 Å². The summed E-state index contributed by atoms with van der Waals surface area (Å²) in [5.41, 5.74) is 5.70. The van der Waals surface area contributed by atoms with Gasteiger partial charge in [0.15, 0.2) is 0 Å². The molecule has 3 heterocycles. The summed E-state index contributed by atoms with van der Waals surface area (Å²) in [6.07, 6.45) is 6.82. The number of nitrogens with zero attached hydrogens (tertiary/aromatic N) is 3. The number of hydrazine groups is 1. The molecule has 0 aromatic carbocycles. The Kier molecular flexibility index (Phi) is 2.97. The summed E-state index contributed by atoms with van der Waals surface area (Å²) in [5.74, 6) is 5.63. The minimum Gasteiger partial charge on any atom is -0.271 e. The van der Waals surface area contributed by atoms with Crippen molar-refractivity contribution in [2.75, 3.05) is 0 Å². The summed E-state index contributed by atoms with van der Waals surface area (Å²) < 4.78 is 1.14. The van der Waals surface area contributed by atoms with Crippen molar-refractivity contribution < 1.29 is 0 Å². The lowest BCUT2D eigenvalue weighted by Crippen LogP contribution is -2.29. The van der Waals surface area contributed by atoms with Gasteiger partial charge in [0.05, 0.1) is 16.3 Å². The van der Waals surface area contributed by atoms with Gasteiger partial charge in [-0.15, -0.1) is 11.3 Å². The van der Waals surface area contributed by atoms with Crippen LogP contribution in [0.2, 0.25) is 0 Å². The molecule has 5 nitrogen and oxygen atoms in total. The quantitative estimate of drug-likeness (QED) is 0.551. The first-order valence-electron chi connectivity index (χ1n) is 5.42. The molecule has 0 saturated carbocycles. The highest BCUT2D eigenvalue weighted by Gasteiger charge is 2.14. The maximum Gasteiger partial charge on any atom is 0.115 e. The van der Waals surface area contributed by atoms with Crippen LogP contribution in [0.3, 0.4) is 0 Å². The summed E-state index contributed by atoms with van der Waals surface area (Å²) in [5, 5.41) is 2.03. The molecule has 6 heteroatoms. The molecule has 0 amide bonds. The largest absolute Gasteiger partial charge is 0.271 e. The molecule has 0 fully saturated rings. The number of fused-ring (bicyclic) bond motifs is 1. The van der Waals surface area contributed by atoms with Crippen molar-refractivity contribution >= 4 is 21.6 Å². The highest BCUT2D eigenvalue weighted by Crippen LogP contribution is 2.25. The van der Waals surface area contributed by atoms with Gasteiger partial charge in [-0.2, -0.15) is 0 Å². The molecular formula is C12H11N5S. The molecule has 0 aliphatic carbocycles. The average molecular weight is 257 g/mol. The molecule has 3 aromatic heterocycles. The van der Waals surface area contributed by atoms with Gasteiger partial charge in [0.2, 0.25) is 0 Å². The summed E-state index contributed by atoms with van der Waals surface area (Å²) in [7, 11) is 0. The van der Waals surface area contributed by atoms with Gasteiger partial charge in [-0.25, -0.2) is 15.4 Å². The van der Waals surface area contributed by atoms with E-state index in [2.05, 4.69) is 26.4 Å². The molecule has 3 aromatic rings. The molecule has 1 atom stereocenters. The van der Waals surface area contributed by atoms with Crippen LogP contribution >= 0.6 is 11.3 Å². The van der Waals surface area contributed by atoms with Crippen LogP contribution in [0.5, 0.6) is 0 Å². The predicted molar refractivity (Wildman–Crippen MR) is 70.8 cm³/mol. The van der Waals surface area contributed by atoms with Crippen molar-refractivity contribution in [2.24, 2.45) is 5.84 Å². The first kappa shape index (κ1) is 11.2. The molecule has 1 unspecified atom stereocenters. The van der Waals surface area contributed by atoms with E-state index in [-0.39, 0.29) is 6.04 Å². The molecular weight excluding hydrogens is 246 g/mol. The SMILES string of the molecule is NNC(c1cncnc1)c1cnc2ccsc2c1. The number of hydrogen-bond acceptors (Lipinski definition) is 6. The fourth-order valence-corrected chi connectivity index (χ4v) is 2.65. The molecule has 0 aliphatic heterocycles. The Labute approximate surface area is 108 Å². The van der Waals surface area contributed by atoms with Crippen molar-refractivity contribution in [1.82, 2.24) is 20.4 Å². The van der Waals surface area contributed by atoms with Crippen molar-refractivity contribution in [3.8, 4) is 0 Å². The lowest BCUT2D eigenvalue weighted by Gasteiger charge is -2.15. The van der Waals surface area contributed by atoms with E-state index in [1.54, 1.807) is 23.7 Å². The number of pyridine rings is 1. The normalized spacial score (nSPS) is 12.7. The highest BCUT2D eigenvalue weighted by molar-refractivity contribution is 7.17. The van der Waals surface area contributed by atoms with E-state index >= 15 is 0 Å². The molecule has 0 bridgehead atoms. The van der Waals surface area contributed by atoms with Crippen molar-refractivity contribution in [1.29, 1.82) is 0 Å². The zero-order valence-electron chi connectivity index (χ0n) is 9.45. The van der Waals surface area contributed by atoms with E-state index < -0.39 is 0 Å². The number of nitrogens with two attached hydrogens (primary N) is 1. The van der Waals surface area contributed by atoms with Crippen LogP contribution in [0.25, 0.3) is 10.2 Å². The lowest BCUT2D eigenvalue weighted by molar-refractivity contribution is 0.631. The topological polar surface area (TPSA) is 76.7 Å². The number of rotatable bonds is 3. The lowest BCUT2D eigenvalue weighted by atomic mass is 10.0. The van der Waals surface area contributed by atoms with Gasteiger partial charge >= 0.3 is 0 Å². The van der Waals surface area contributed by atoms with Gasteiger partial charge in [-0.1, -0.05) is 0 Å². The van der Waals surface area contributed by atoms with Gasteiger partial charge in [-0.05, 0) is 23.1 Å². The van der Waals surface area contributed by atoms with Crippen molar-refractivity contribution in [2.45, 2.75) is 6.04 Å². The summed E-state index contributed by atoms with van der Waals surface area (Å²) in [4.78, 5) is 12.4. The molecule has 0 aliphatic rings. The average Bonchev–Trinajstić information content (AvgIpc) is 2.88. The van der Waals surface area contributed by atoms with Crippen molar-refractivity contribution in [3.63, 3.8) is 0 Å². The Hall–Kier alpha value is -1.89. The van der Waals surface area contributed by atoms with E-state index in [9.17, 15) is 0 Å². The van der Waals surface area contributed by atoms with E-state index in [0.29, 0.717) is 0 Å². The maximum absolute atomic E-state index is 5.63. The maximum atomic E-state index is 5.63. The first-order chi connectivity index (χ1) is 8.88. The Morgan fingerprint density at radius 3 is 2.78 bits per heavy atom. The second-order valence-corrected chi connectivity index (χ2v) is 4.79. The van der Waals surface area contributed by atoms with E-state index in [1.807, 2.05) is 17.6 Å². The van der Waals surface area contributed by atoms with Crippen LogP contribution in [0.1, 0.15) is 17.2 Å². The third kappa shape index (κ3) is 1.97. The molecule has 0 radical (unpaired) electrons. The fraction of sp³-hybridized carbons (Fsp3) is 0.0833. The number of hydrogen-bond donors (Lipinski definition) is 2. The van der Waals surface area contributed by atoms with Crippen LogP contribution < -0.4 is 11.3 Å². The Bertz CT molecular complexity index is 652. The number of aromatic nitrogens is 3. The third-order valence-corrected chi connectivity index (χ3v) is 3.59. The monoisotopic (exact) mass is 257 g/mol.